The van der Waals surface area contributed by atoms with Crippen molar-refractivity contribution < 1.29 is 9.00 Å². The number of carbonyl (C=O) groups is 1. The zero-order valence-electron chi connectivity index (χ0n) is 11.5. The van der Waals surface area contributed by atoms with Crippen molar-refractivity contribution in [2.24, 2.45) is 0 Å². The Hall–Kier alpha value is -2.45. The maximum atomic E-state index is 12.2. The maximum absolute atomic E-state index is 12.2. The van der Waals surface area contributed by atoms with E-state index in [1.807, 2.05) is 25.1 Å². The number of hydrogen-bond donors (Lipinski definition) is 1. The van der Waals surface area contributed by atoms with Crippen LogP contribution in [0, 0.1) is 18.3 Å². The van der Waals surface area contributed by atoms with Crippen LogP contribution in [0.3, 0.4) is 0 Å². The van der Waals surface area contributed by atoms with E-state index in [9.17, 15) is 9.00 Å². The van der Waals surface area contributed by atoms with Crippen LogP contribution in [0.25, 0.3) is 0 Å². The van der Waals surface area contributed by atoms with Crippen LogP contribution in [0.2, 0.25) is 0 Å². The van der Waals surface area contributed by atoms with Gasteiger partial charge in [-0.3, -0.25) is 9.00 Å². The number of benzene rings is 2. The summed E-state index contributed by atoms with van der Waals surface area (Å²) in [6, 6.07) is 16.0. The minimum Gasteiger partial charge on any atom is -0.324 e. The van der Waals surface area contributed by atoms with Crippen LogP contribution in [0.1, 0.15) is 11.1 Å². The summed E-state index contributed by atoms with van der Waals surface area (Å²) >= 11 is 0. The second-order valence-corrected chi connectivity index (χ2v) is 5.88. The van der Waals surface area contributed by atoms with Gasteiger partial charge in [-0.15, -0.1) is 0 Å². The molecule has 2 aromatic rings. The van der Waals surface area contributed by atoms with E-state index in [1.165, 1.54) is 0 Å². The Kier molecular flexibility index (Phi) is 4.85. The Balaban J connectivity index is 2.08. The molecule has 21 heavy (non-hydrogen) atoms. The lowest BCUT2D eigenvalue weighted by atomic mass is 10.2. The fraction of sp³-hybridized carbons (Fsp3) is 0.125. The van der Waals surface area contributed by atoms with E-state index < -0.39 is 10.8 Å². The molecule has 1 unspecified atom stereocenters. The normalized spacial score (nSPS) is 11.4. The highest BCUT2D eigenvalue weighted by Gasteiger charge is 2.13. The molecule has 4 nitrogen and oxygen atoms in total. The lowest BCUT2D eigenvalue weighted by Crippen LogP contribution is -2.20. The minimum absolute atomic E-state index is 0.134. The largest absolute Gasteiger partial charge is 0.324 e. The summed E-state index contributed by atoms with van der Waals surface area (Å²) in [4.78, 5) is 12.6. The lowest BCUT2D eigenvalue weighted by molar-refractivity contribution is -0.113. The summed E-state index contributed by atoms with van der Waals surface area (Å²) in [5, 5.41) is 11.6. The van der Waals surface area contributed by atoms with Crippen molar-refractivity contribution in [3.63, 3.8) is 0 Å². The van der Waals surface area contributed by atoms with Gasteiger partial charge in [0.05, 0.1) is 22.1 Å². The number of hydrogen-bond acceptors (Lipinski definition) is 3. The van der Waals surface area contributed by atoms with Crippen LogP contribution < -0.4 is 5.32 Å². The molecule has 0 radical (unpaired) electrons. The molecular weight excluding hydrogens is 284 g/mol. The predicted octanol–water partition coefficient (Wildman–Crippen LogP) is 2.61. The highest BCUT2D eigenvalue weighted by molar-refractivity contribution is 7.85. The molecule has 1 N–H and O–H groups in total. The van der Waals surface area contributed by atoms with E-state index in [1.54, 1.807) is 36.4 Å². The first-order valence-corrected chi connectivity index (χ1v) is 7.66. The van der Waals surface area contributed by atoms with Gasteiger partial charge in [-0.2, -0.15) is 5.26 Å². The zero-order chi connectivity index (χ0) is 15.2. The van der Waals surface area contributed by atoms with Gasteiger partial charge in [-0.1, -0.05) is 30.3 Å². The van der Waals surface area contributed by atoms with Gasteiger partial charge in [0.2, 0.25) is 5.91 Å². The standard InChI is InChI=1S/C16H14N2O2S/c1-12-6-2-5-9-15(12)21(20)11-16(19)18-14-8-4-3-7-13(14)10-17/h2-9H,11H2,1H3,(H,18,19). The number of nitrogens with zero attached hydrogens (tertiary/aromatic N) is 1. The van der Waals surface area contributed by atoms with Gasteiger partial charge in [-0.25, -0.2) is 0 Å². The molecule has 0 saturated carbocycles. The van der Waals surface area contributed by atoms with Gasteiger partial charge < -0.3 is 5.32 Å². The van der Waals surface area contributed by atoms with Crippen molar-refractivity contribution >= 4 is 22.4 Å². The van der Waals surface area contributed by atoms with Crippen LogP contribution in [0.5, 0.6) is 0 Å². The Morgan fingerprint density at radius 1 is 1.19 bits per heavy atom. The average molecular weight is 298 g/mol. The number of rotatable bonds is 4. The number of aryl methyl sites for hydroxylation is 1. The second-order valence-electron chi connectivity index (χ2n) is 4.46. The molecule has 0 heterocycles. The summed E-state index contributed by atoms with van der Waals surface area (Å²) in [5.41, 5.74) is 1.71. The molecule has 106 valence electrons. The van der Waals surface area contributed by atoms with E-state index >= 15 is 0 Å². The SMILES string of the molecule is Cc1ccccc1S(=O)CC(=O)Nc1ccccc1C#N. The van der Waals surface area contributed by atoms with Crippen LogP contribution in [0.15, 0.2) is 53.4 Å². The van der Waals surface area contributed by atoms with Gasteiger partial charge in [0.25, 0.3) is 0 Å². The lowest BCUT2D eigenvalue weighted by Gasteiger charge is -2.08. The van der Waals surface area contributed by atoms with Crippen LogP contribution >= 0.6 is 0 Å². The van der Waals surface area contributed by atoms with Crippen LogP contribution in [0.4, 0.5) is 5.69 Å². The molecule has 1 amide bonds. The first kappa shape index (κ1) is 14.9. The highest BCUT2D eigenvalue weighted by Crippen LogP contribution is 2.15. The third-order valence-corrected chi connectivity index (χ3v) is 4.40. The van der Waals surface area contributed by atoms with Crippen molar-refractivity contribution in [3.05, 3.63) is 59.7 Å². The van der Waals surface area contributed by atoms with Gasteiger partial charge >= 0.3 is 0 Å². The van der Waals surface area contributed by atoms with E-state index in [4.69, 9.17) is 5.26 Å². The Morgan fingerprint density at radius 2 is 1.86 bits per heavy atom. The van der Waals surface area contributed by atoms with E-state index in [0.29, 0.717) is 16.1 Å². The van der Waals surface area contributed by atoms with E-state index in [-0.39, 0.29) is 11.7 Å². The van der Waals surface area contributed by atoms with Crippen molar-refractivity contribution in [3.8, 4) is 6.07 Å². The zero-order valence-corrected chi connectivity index (χ0v) is 12.3. The second kappa shape index (κ2) is 6.82. The molecular formula is C16H14N2O2S. The topological polar surface area (TPSA) is 70.0 Å². The van der Waals surface area contributed by atoms with Gasteiger partial charge in [0.15, 0.2) is 0 Å². The predicted molar refractivity (Wildman–Crippen MR) is 82.2 cm³/mol. The number of amides is 1. The fourth-order valence-corrected chi connectivity index (χ4v) is 3.01. The van der Waals surface area contributed by atoms with Crippen molar-refractivity contribution in [1.82, 2.24) is 0 Å². The number of nitrogens with one attached hydrogen (secondary N) is 1. The van der Waals surface area contributed by atoms with Gasteiger partial charge in [0, 0.05) is 4.90 Å². The van der Waals surface area contributed by atoms with Gasteiger partial charge in [0.1, 0.15) is 11.8 Å². The first-order chi connectivity index (χ1) is 10.1. The number of nitriles is 1. The van der Waals surface area contributed by atoms with E-state index in [2.05, 4.69) is 5.32 Å². The molecule has 2 aromatic carbocycles. The number of para-hydroxylation sites is 1. The van der Waals surface area contributed by atoms with Crippen molar-refractivity contribution in [1.29, 1.82) is 5.26 Å². The first-order valence-electron chi connectivity index (χ1n) is 6.35. The van der Waals surface area contributed by atoms with Crippen molar-refractivity contribution in [2.75, 3.05) is 11.1 Å². The monoisotopic (exact) mass is 298 g/mol. The molecule has 5 heteroatoms. The molecule has 0 aliphatic rings. The van der Waals surface area contributed by atoms with Gasteiger partial charge in [-0.05, 0) is 30.7 Å². The average Bonchev–Trinajstić information content (AvgIpc) is 2.48. The summed E-state index contributed by atoms with van der Waals surface area (Å²) in [6.07, 6.45) is 0. The Labute approximate surface area is 125 Å². The number of carbonyl (C=O) groups excluding carboxylic acids is 1. The third kappa shape index (κ3) is 3.77. The van der Waals surface area contributed by atoms with Crippen molar-refractivity contribution in [2.45, 2.75) is 11.8 Å². The van der Waals surface area contributed by atoms with E-state index in [0.717, 1.165) is 5.56 Å². The highest BCUT2D eigenvalue weighted by atomic mass is 32.2. The Bertz CT molecular complexity index is 735. The summed E-state index contributed by atoms with van der Waals surface area (Å²) in [7, 11) is -1.40. The van der Waals surface area contributed by atoms with Crippen LogP contribution in [-0.4, -0.2) is 15.9 Å². The molecule has 0 aliphatic carbocycles. The molecule has 0 bridgehead atoms. The molecule has 2 rings (SSSR count). The Morgan fingerprint density at radius 3 is 2.57 bits per heavy atom. The molecule has 0 aliphatic heterocycles. The fourth-order valence-electron chi connectivity index (χ4n) is 1.88. The minimum atomic E-state index is -1.40. The summed E-state index contributed by atoms with van der Waals surface area (Å²) in [5.74, 6) is -0.510. The smallest absolute Gasteiger partial charge is 0.237 e. The molecule has 0 saturated heterocycles. The third-order valence-electron chi connectivity index (χ3n) is 2.92. The number of anilines is 1. The quantitative estimate of drug-likeness (QED) is 0.943. The molecule has 1 atom stereocenters. The molecule has 0 spiro atoms. The van der Waals surface area contributed by atoms with Crippen LogP contribution in [-0.2, 0) is 15.6 Å². The summed E-state index contributed by atoms with van der Waals surface area (Å²) in [6.45, 7) is 1.86. The molecule has 0 fully saturated rings. The molecule has 0 aromatic heterocycles. The maximum Gasteiger partial charge on any atom is 0.237 e. The summed E-state index contributed by atoms with van der Waals surface area (Å²) < 4.78 is 12.2.